The first kappa shape index (κ1) is 18.8. The Morgan fingerprint density at radius 2 is 1.62 bits per heavy atom. The van der Waals surface area contributed by atoms with Crippen molar-refractivity contribution >= 4 is 5.97 Å². The third-order valence-corrected chi connectivity index (χ3v) is 4.96. The van der Waals surface area contributed by atoms with E-state index < -0.39 is 0 Å². The van der Waals surface area contributed by atoms with E-state index >= 15 is 0 Å². The van der Waals surface area contributed by atoms with Crippen molar-refractivity contribution in [2.24, 2.45) is 0 Å². The van der Waals surface area contributed by atoms with Crippen LogP contribution in [0, 0.1) is 0 Å². The number of rotatable bonds is 9. The van der Waals surface area contributed by atoms with Crippen LogP contribution in [0.15, 0.2) is 47.0 Å². The summed E-state index contributed by atoms with van der Waals surface area (Å²) >= 11 is 0. The van der Waals surface area contributed by atoms with Gasteiger partial charge in [0.2, 0.25) is 6.29 Å². The van der Waals surface area contributed by atoms with E-state index in [9.17, 15) is 4.79 Å². The Bertz CT molecular complexity index is 598. The number of allylic oxidation sites excluding steroid dienone is 5. The van der Waals surface area contributed by atoms with Crippen molar-refractivity contribution in [1.82, 2.24) is 0 Å². The Hall–Kier alpha value is -1.97. The lowest BCUT2D eigenvalue weighted by Gasteiger charge is -2.21. The van der Waals surface area contributed by atoms with Crippen LogP contribution in [-0.4, -0.2) is 18.9 Å². The minimum absolute atomic E-state index is 0.237. The lowest BCUT2D eigenvalue weighted by molar-refractivity contribution is -0.138. The molecule has 0 aromatic heterocycles. The molecule has 0 fully saturated rings. The van der Waals surface area contributed by atoms with Crippen LogP contribution in [-0.2, 0) is 19.0 Å². The molecule has 142 valence electrons. The number of carbonyl (C=O) groups excluding carboxylic acids is 1. The molecule has 0 bridgehead atoms. The normalized spacial score (nSPS) is 20.1. The van der Waals surface area contributed by atoms with Gasteiger partial charge in [0, 0.05) is 19.3 Å². The third-order valence-electron chi connectivity index (χ3n) is 4.96. The van der Waals surface area contributed by atoms with Crippen molar-refractivity contribution < 1.29 is 19.0 Å². The molecule has 0 aromatic carbocycles. The van der Waals surface area contributed by atoms with E-state index in [2.05, 4.69) is 18.2 Å². The Morgan fingerprint density at radius 1 is 1.00 bits per heavy atom. The molecule has 0 atom stereocenters. The zero-order chi connectivity index (χ0) is 18.2. The van der Waals surface area contributed by atoms with Gasteiger partial charge in [0.1, 0.15) is 0 Å². The first-order chi connectivity index (χ1) is 12.8. The predicted molar refractivity (Wildman–Crippen MR) is 101 cm³/mol. The van der Waals surface area contributed by atoms with Crippen molar-refractivity contribution in [3.63, 3.8) is 0 Å². The molecular weight excluding hydrogens is 328 g/mol. The minimum atomic E-state index is -0.380. The van der Waals surface area contributed by atoms with Crippen LogP contribution in [0.25, 0.3) is 0 Å². The lowest BCUT2D eigenvalue weighted by Crippen LogP contribution is -2.17. The molecule has 0 spiro atoms. The number of carbonyl (C=O) groups is 1. The predicted octanol–water partition coefficient (Wildman–Crippen LogP) is 5.47. The molecule has 0 aromatic rings. The topological polar surface area (TPSA) is 44.8 Å². The van der Waals surface area contributed by atoms with Crippen LogP contribution in [0.1, 0.15) is 71.1 Å². The van der Waals surface area contributed by atoms with Gasteiger partial charge in [0.25, 0.3) is 0 Å². The van der Waals surface area contributed by atoms with Crippen LogP contribution < -0.4 is 0 Å². The fourth-order valence-electron chi connectivity index (χ4n) is 3.64. The first-order valence-electron chi connectivity index (χ1n) is 10.0. The Kier molecular flexibility index (Phi) is 6.98. The van der Waals surface area contributed by atoms with E-state index in [0.717, 1.165) is 74.9 Å². The maximum absolute atomic E-state index is 12.4. The standard InChI is InChI=1S/C22H30O4/c1-2-24-22(23)20(17-9-3-4-10-17)15-16-21(25-18-11-5-6-12-18)26-19-13-7-8-14-19/h9,11,13,15,21H,2-8,10,12,14,16H2,1H3. The van der Waals surface area contributed by atoms with Crippen LogP contribution >= 0.6 is 0 Å². The molecular formula is C22H30O4. The Labute approximate surface area is 156 Å². The fraction of sp³-hybridized carbons (Fsp3) is 0.591. The quantitative estimate of drug-likeness (QED) is 0.311. The molecule has 0 aliphatic heterocycles. The van der Waals surface area contributed by atoms with Crippen molar-refractivity contribution in [3.8, 4) is 0 Å². The Balaban J connectivity index is 1.71. The lowest BCUT2D eigenvalue weighted by atomic mass is 10.0. The monoisotopic (exact) mass is 358 g/mol. The van der Waals surface area contributed by atoms with Gasteiger partial charge in [-0.1, -0.05) is 12.2 Å². The summed E-state index contributed by atoms with van der Waals surface area (Å²) in [6.07, 6.45) is 18.0. The maximum Gasteiger partial charge on any atom is 0.338 e. The molecule has 0 saturated heterocycles. The summed E-state index contributed by atoms with van der Waals surface area (Å²) < 4.78 is 17.5. The van der Waals surface area contributed by atoms with Crippen LogP contribution in [0.2, 0.25) is 0 Å². The van der Waals surface area contributed by atoms with Crippen LogP contribution in [0.5, 0.6) is 0 Å². The number of hydrogen-bond donors (Lipinski definition) is 0. The summed E-state index contributed by atoms with van der Waals surface area (Å²) in [5.41, 5.74) is 1.78. The molecule has 0 amide bonds. The van der Waals surface area contributed by atoms with Crippen LogP contribution in [0.4, 0.5) is 0 Å². The summed E-state index contributed by atoms with van der Waals surface area (Å²) in [6.45, 7) is 2.23. The second-order valence-electron chi connectivity index (χ2n) is 6.99. The van der Waals surface area contributed by atoms with E-state index in [4.69, 9.17) is 14.2 Å². The van der Waals surface area contributed by atoms with Crippen molar-refractivity contribution in [2.75, 3.05) is 6.61 Å². The molecule has 4 nitrogen and oxygen atoms in total. The van der Waals surface area contributed by atoms with E-state index in [1.807, 2.05) is 13.0 Å². The van der Waals surface area contributed by atoms with E-state index in [1.54, 1.807) is 0 Å². The highest BCUT2D eigenvalue weighted by Gasteiger charge is 2.22. The smallest absolute Gasteiger partial charge is 0.338 e. The molecule has 3 rings (SSSR count). The van der Waals surface area contributed by atoms with Gasteiger partial charge >= 0.3 is 5.97 Å². The molecule has 0 saturated carbocycles. The first-order valence-corrected chi connectivity index (χ1v) is 10.0. The summed E-state index contributed by atoms with van der Waals surface area (Å²) in [5.74, 6) is 1.79. The van der Waals surface area contributed by atoms with Gasteiger partial charge in [0.05, 0.1) is 23.7 Å². The zero-order valence-electron chi connectivity index (χ0n) is 15.8. The highest BCUT2D eigenvalue weighted by atomic mass is 16.7. The maximum atomic E-state index is 12.4. The minimum Gasteiger partial charge on any atom is -0.462 e. The Morgan fingerprint density at radius 3 is 2.12 bits per heavy atom. The highest BCUT2D eigenvalue weighted by molar-refractivity contribution is 5.93. The van der Waals surface area contributed by atoms with Gasteiger partial charge in [-0.25, -0.2) is 4.79 Å². The summed E-state index contributed by atoms with van der Waals surface area (Å²) in [4.78, 5) is 12.4. The molecule has 0 heterocycles. The van der Waals surface area contributed by atoms with E-state index in [-0.39, 0.29) is 12.3 Å². The van der Waals surface area contributed by atoms with Gasteiger partial charge in [0.15, 0.2) is 0 Å². The average Bonchev–Trinajstić information content (AvgIpc) is 3.39. The number of esters is 1. The summed E-state index contributed by atoms with van der Waals surface area (Å²) in [6, 6.07) is 0. The summed E-state index contributed by atoms with van der Waals surface area (Å²) in [5, 5.41) is 0. The van der Waals surface area contributed by atoms with Gasteiger partial charge in [-0.15, -0.1) is 0 Å². The van der Waals surface area contributed by atoms with Gasteiger partial charge in [-0.2, -0.15) is 0 Å². The number of ether oxygens (including phenoxy) is 3. The zero-order valence-corrected chi connectivity index (χ0v) is 15.8. The molecule has 4 heteroatoms. The van der Waals surface area contributed by atoms with Crippen LogP contribution in [0.3, 0.4) is 0 Å². The molecule has 0 N–H and O–H groups in total. The molecule has 3 aliphatic carbocycles. The second-order valence-corrected chi connectivity index (χ2v) is 6.99. The highest BCUT2D eigenvalue weighted by Crippen LogP contribution is 2.29. The van der Waals surface area contributed by atoms with Gasteiger partial charge < -0.3 is 14.2 Å². The summed E-state index contributed by atoms with van der Waals surface area (Å²) in [7, 11) is 0. The largest absolute Gasteiger partial charge is 0.462 e. The van der Waals surface area contributed by atoms with E-state index in [0.29, 0.717) is 18.6 Å². The molecule has 26 heavy (non-hydrogen) atoms. The molecule has 0 radical (unpaired) electrons. The van der Waals surface area contributed by atoms with Gasteiger partial charge in [-0.3, -0.25) is 0 Å². The van der Waals surface area contributed by atoms with Crippen molar-refractivity contribution in [2.45, 2.75) is 77.4 Å². The SMILES string of the molecule is CCOC(=O)C(=CCC(OC1=CCCC1)OC1=CCCC1)C1=CCCC1. The van der Waals surface area contributed by atoms with Gasteiger partial charge in [-0.05, 0) is 69.6 Å². The average molecular weight is 358 g/mol. The van der Waals surface area contributed by atoms with Crippen molar-refractivity contribution in [3.05, 3.63) is 47.0 Å². The molecule has 3 aliphatic rings. The van der Waals surface area contributed by atoms with E-state index in [1.165, 1.54) is 0 Å². The van der Waals surface area contributed by atoms with Crippen molar-refractivity contribution in [1.29, 1.82) is 0 Å². The number of hydrogen-bond acceptors (Lipinski definition) is 4. The third kappa shape index (κ3) is 5.26. The second kappa shape index (κ2) is 9.65. The molecule has 0 unspecified atom stereocenters. The fourth-order valence-corrected chi connectivity index (χ4v) is 3.64.